The molecule has 0 aromatic heterocycles. The number of rotatable bonds is 52. The van der Waals surface area contributed by atoms with Gasteiger partial charge in [-0.1, -0.05) is 237 Å². The van der Waals surface area contributed by atoms with E-state index in [2.05, 4.69) is 167 Å². The molecule has 0 fully saturated rings. The number of unbranched alkanes of at least 4 members (excludes halogenated alkanes) is 17. The van der Waals surface area contributed by atoms with Crippen molar-refractivity contribution in [2.75, 3.05) is 19.8 Å². The van der Waals surface area contributed by atoms with Gasteiger partial charge >= 0.3 is 11.9 Å². The first-order valence-electron chi connectivity index (χ1n) is 29.4. The largest absolute Gasteiger partial charge is 0.462 e. The summed E-state index contributed by atoms with van der Waals surface area (Å²) in [6.45, 7) is 7.40. The van der Waals surface area contributed by atoms with E-state index in [9.17, 15) is 9.59 Å². The van der Waals surface area contributed by atoms with Crippen LogP contribution in [0.2, 0.25) is 0 Å². The smallest absolute Gasteiger partial charge is 0.306 e. The molecule has 0 aliphatic carbocycles. The average molecular weight is 994 g/mol. The summed E-state index contributed by atoms with van der Waals surface area (Å²) in [6.07, 6.45) is 88.8. The molecule has 0 radical (unpaired) electrons. The first-order chi connectivity index (χ1) is 35.6. The van der Waals surface area contributed by atoms with Gasteiger partial charge in [0, 0.05) is 19.4 Å². The molecule has 72 heavy (non-hydrogen) atoms. The van der Waals surface area contributed by atoms with Gasteiger partial charge in [-0.2, -0.15) is 0 Å². The lowest BCUT2D eigenvalue weighted by Crippen LogP contribution is -2.30. The topological polar surface area (TPSA) is 61.8 Å². The molecule has 0 rings (SSSR count). The Balaban J connectivity index is 4.46. The average Bonchev–Trinajstić information content (AvgIpc) is 3.38. The highest BCUT2D eigenvalue weighted by Gasteiger charge is 2.17. The van der Waals surface area contributed by atoms with Crippen LogP contribution in [0.25, 0.3) is 0 Å². The van der Waals surface area contributed by atoms with Crippen LogP contribution in [0.1, 0.15) is 239 Å². The van der Waals surface area contributed by atoms with E-state index in [1.165, 1.54) is 70.6 Å². The molecule has 1 atom stereocenters. The lowest BCUT2D eigenvalue weighted by Gasteiger charge is -2.18. The number of carbonyl (C=O) groups excluding carboxylic acids is 2. The monoisotopic (exact) mass is 993 g/mol. The van der Waals surface area contributed by atoms with Crippen molar-refractivity contribution in [2.45, 2.75) is 245 Å². The maximum Gasteiger partial charge on any atom is 0.306 e. The number of allylic oxidation sites excluding steroid dienone is 24. The molecule has 0 saturated heterocycles. The molecule has 0 saturated carbocycles. The van der Waals surface area contributed by atoms with E-state index in [1.54, 1.807) is 0 Å². The Bertz CT molecular complexity index is 1540. The quantitative estimate of drug-likeness (QED) is 0.0345. The molecular formula is C67H108O5. The first kappa shape index (κ1) is 67.8. The lowest BCUT2D eigenvalue weighted by atomic mass is 10.1. The van der Waals surface area contributed by atoms with E-state index in [-0.39, 0.29) is 25.2 Å². The molecule has 0 aromatic carbocycles. The maximum atomic E-state index is 12.9. The highest BCUT2D eigenvalue weighted by molar-refractivity contribution is 5.70. The van der Waals surface area contributed by atoms with Gasteiger partial charge in [0.1, 0.15) is 6.61 Å². The van der Waals surface area contributed by atoms with Gasteiger partial charge in [0.15, 0.2) is 6.10 Å². The van der Waals surface area contributed by atoms with Crippen molar-refractivity contribution in [1.29, 1.82) is 0 Å². The molecule has 0 aliphatic rings. The van der Waals surface area contributed by atoms with Crippen molar-refractivity contribution < 1.29 is 23.8 Å². The van der Waals surface area contributed by atoms with Crippen molar-refractivity contribution >= 4 is 11.9 Å². The Hall–Kier alpha value is -4.22. The van der Waals surface area contributed by atoms with E-state index in [0.29, 0.717) is 19.4 Å². The molecule has 0 bridgehead atoms. The maximum absolute atomic E-state index is 12.9. The standard InChI is InChI=1S/C67H108O5/c1-4-7-10-13-16-19-22-25-28-31-33-35-38-41-44-47-50-53-56-59-62-70-63-65(72-67(69)61-58-55-52-49-46-43-40-36-30-27-24-21-18-15-12-9-6-3)64-71-66(68)60-57-54-51-48-45-42-39-37-34-32-29-26-23-20-17-14-11-8-5-2/h7,9-10,12,16-21,25-30,33-35,37,41,44,50,53,65H,4-6,8,11,13-15,22-24,31-32,36,38-40,42-43,45-49,51-52,54-64H2,1-3H3/b10-7-,12-9-,19-16-,20-17-,21-18-,28-25-,29-26-,30-27-,35-33-,37-34-,44-41-,53-50-. The summed E-state index contributed by atoms with van der Waals surface area (Å²) in [7, 11) is 0. The number of carbonyl (C=O) groups is 2. The van der Waals surface area contributed by atoms with Crippen molar-refractivity contribution in [3.8, 4) is 0 Å². The van der Waals surface area contributed by atoms with E-state index in [4.69, 9.17) is 14.2 Å². The Morgan fingerprint density at radius 3 is 1.00 bits per heavy atom. The van der Waals surface area contributed by atoms with Crippen LogP contribution in [0.3, 0.4) is 0 Å². The molecule has 0 spiro atoms. The number of ether oxygens (including phenoxy) is 3. The molecular weight excluding hydrogens is 885 g/mol. The van der Waals surface area contributed by atoms with Gasteiger partial charge in [-0.05, 0) is 135 Å². The van der Waals surface area contributed by atoms with Crippen molar-refractivity contribution in [3.63, 3.8) is 0 Å². The summed E-state index contributed by atoms with van der Waals surface area (Å²) in [5.74, 6) is -0.462. The summed E-state index contributed by atoms with van der Waals surface area (Å²) in [5, 5.41) is 0. The van der Waals surface area contributed by atoms with Crippen LogP contribution in [0.15, 0.2) is 146 Å². The van der Waals surface area contributed by atoms with E-state index < -0.39 is 6.10 Å². The predicted octanol–water partition coefficient (Wildman–Crippen LogP) is 20.5. The van der Waals surface area contributed by atoms with Gasteiger partial charge in [0.2, 0.25) is 0 Å². The number of hydrogen-bond acceptors (Lipinski definition) is 5. The first-order valence-corrected chi connectivity index (χ1v) is 29.4. The van der Waals surface area contributed by atoms with E-state index in [1.807, 2.05) is 0 Å². The summed E-state index contributed by atoms with van der Waals surface area (Å²) in [5.41, 5.74) is 0. The van der Waals surface area contributed by atoms with Crippen molar-refractivity contribution in [3.05, 3.63) is 146 Å². The molecule has 0 heterocycles. The number of hydrogen-bond donors (Lipinski definition) is 0. The second-order valence-electron chi connectivity index (χ2n) is 18.8. The molecule has 5 nitrogen and oxygen atoms in total. The normalized spacial score (nSPS) is 13.3. The minimum absolute atomic E-state index is 0.0414. The lowest BCUT2D eigenvalue weighted by molar-refractivity contribution is -0.163. The van der Waals surface area contributed by atoms with Gasteiger partial charge in [-0.3, -0.25) is 9.59 Å². The third-order valence-electron chi connectivity index (χ3n) is 11.8. The number of esters is 2. The Labute approximate surface area is 444 Å². The molecule has 0 amide bonds. The second kappa shape index (κ2) is 61.1. The fourth-order valence-electron chi connectivity index (χ4n) is 7.55. The van der Waals surface area contributed by atoms with Crippen LogP contribution in [-0.2, 0) is 23.8 Å². The van der Waals surface area contributed by atoms with Crippen LogP contribution >= 0.6 is 0 Å². The SMILES string of the molecule is CC/C=C\C/C=C\C/C=C\C/C=C\C/C=C\C/C=C\CCCOCC(COC(=O)CCCCCCCC/C=C\C/C=C\C/C=C\CCCCC)OC(=O)CCCCCCCCC/C=C\C/C=C\C/C=C\CC. The summed E-state index contributed by atoms with van der Waals surface area (Å²) in [4.78, 5) is 25.6. The minimum atomic E-state index is -0.590. The van der Waals surface area contributed by atoms with Gasteiger partial charge in [0.25, 0.3) is 0 Å². The fraction of sp³-hybridized carbons (Fsp3) is 0.612. The fourth-order valence-corrected chi connectivity index (χ4v) is 7.55. The zero-order valence-electron chi connectivity index (χ0n) is 46.6. The van der Waals surface area contributed by atoms with Gasteiger partial charge in [-0.25, -0.2) is 0 Å². The molecule has 5 heteroatoms. The Morgan fingerprint density at radius 1 is 0.319 bits per heavy atom. The molecule has 0 N–H and O–H groups in total. The predicted molar refractivity (Wildman–Crippen MR) is 315 cm³/mol. The van der Waals surface area contributed by atoms with Gasteiger partial charge < -0.3 is 14.2 Å². The van der Waals surface area contributed by atoms with Crippen LogP contribution in [0.5, 0.6) is 0 Å². The van der Waals surface area contributed by atoms with E-state index in [0.717, 1.165) is 135 Å². The van der Waals surface area contributed by atoms with Crippen molar-refractivity contribution in [2.24, 2.45) is 0 Å². The second-order valence-corrected chi connectivity index (χ2v) is 18.8. The van der Waals surface area contributed by atoms with Crippen LogP contribution in [-0.4, -0.2) is 37.9 Å². The van der Waals surface area contributed by atoms with Gasteiger partial charge in [-0.15, -0.1) is 0 Å². The molecule has 0 aromatic rings. The summed E-state index contributed by atoms with van der Waals surface area (Å²) < 4.78 is 17.4. The molecule has 406 valence electrons. The van der Waals surface area contributed by atoms with Crippen LogP contribution in [0.4, 0.5) is 0 Å². The molecule has 1 unspecified atom stereocenters. The Kier molecular flexibility index (Phi) is 57.5. The zero-order chi connectivity index (χ0) is 52.0. The third-order valence-corrected chi connectivity index (χ3v) is 11.8. The summed E-state index contributed by atoms with van der Waals surface area (Å²) in [6, 6.07) is 0. The van der Waals surface area contributed by atoms with Gasteiger partial charge in [0.05, 0.1) is 6.61 Å². The van der Waals surface area contributed by atoms with Crippen LogP contribution < -0.4 is 0 Å². The minimum Gasteiger partial charge on any atom is -0.462 e. The highest BCUT2D eigenvalue weighted by Crippen LogP contribution is 2.13. The molecule has 0 aliphatic heterocycles. The third kappa shape index (κ3) is 58.4. The highest BCUT2D eigenvalue weighted by atomic mass is 16.6. The zero-order valence-corrected chi connectivity index (χ0v) is 46.6. The van der Waals surface area contributed by atoms with Crippen molar-refractivity contribution in [1.82, 2.24) is 0 Å². The summed E-state index contributed by atoms with van der Waals surface area (Å²) >= 11 is 0. The Morgan fingerprint density at radius 2 is 0.625 bits per heavy atom. The van der Waals surface area contributed by atoms with Crippen LogP contribution in [0, 0.1) is 0 Å². The van der Waals surface area contributed by atoms with E-state index >= 15 is 0 Å².